The first kappa shape index (κ1) is 16.3. The zero-order chi connectivity index (χ0) is 17.3. The van der Waals surface area contributed by atoms with Crippen LogP contribution in [-0.2, 0) is 13.0 Å². The molecule has 7 heteroatoms. The number of fused-ring (bicyclic) bond motifs is 1. The zero-order valence-electron chi connectivity index (χ0n) is 12.8. The van der Waals surface area contributed by atoms with Gasteiger partial charge in [-0.3, -0.25) is 0 Å². The number of nitrogens with two attached hydrogens (primary N) is 2. The summed E-state index contributed by atoms with van der Waals surface area (Å²) in [5.74, 6) is -0.675. The molecule has 0 aliphatic carbocycles. The van der Waals surface area contributed by atoms with Crippen molar-refractivity contribution in [3.05, 3.63) is 58.4 Å². The predicted molar refractivity (Wildman–Crippen MR) is 92.2 cm³/mol. The van der Waals surface area contributed by atoms with E-state index in [2.05, 4.69) is 4.99 Å². The molecule has 1 heterocycles. The van der Waals surface area contributed by atoms with Crippen molar-refractivity contribution >= 4 is 23.6 Å². The van der Waals surface area contributed by atoms with E-state index in [0.29, 0.717) is 30.1 Å². The SMILES string of the molecule is NC(N)=NC(=O)N1CCc2cccc(-c3ccc(Cl)cc3F)c2C1. The molecule has 0 bridgehead atoms. The van der Waals surface area contributed by atoms with E-state index in [0.717, 1.165) is 16.7 Å². The number of hydrogen-bond donors (Lipinski definition) is 2. The van der Waals surface area contributed by atoms with E-state index in [-0.39, 0.29) is 5.96 Å². The van der Waals surface area contributed by atoms with Crippen LogP contribution in [0.15, 0.2) is 41.4 Å². The Bertz CT molecular complexity index is 833. The number of benzene rings is 2. The largest absolute Gasteiger partial charge is 0.370 e. The first-order valence-corrected chi connectivity index (χ1v) is 7.78. The van der Waals surface area contributed by atoms with E-state index in [9.17, 15) is 9.18 Å². The summed E-state index contributed by atoms with van der Waals surface area (Å²) in [6.07, 6.45) is 0.657. The summed E-state index contributed by atoms with van der Waals surface area (Å²) in [4.78, 5) is 17.2. The van der Waals surface area contributed by atoms with Gasteiger partial charge >= 0.3 is 6.03 Å². The molecule has 1 aliphatic rings. The molecule has 0 unspecified atom stereocenters. The Kier molecular flexibility index (Phi) is 4.40. The summed E-state index contributed by atoms with van der Waals surface area (Å²) < 4.78 is 14.3. The first-order valence-electron chi connectivity index (χ1n) is 7.40. The highest BCUT2D eigenvalue weighted by Gasteiger charge is 2.23. The predicted octanol–water partition coefficient (Wildman–Crippen LogP) is 2.90. The molecular weight excluding hydrogens is 331 g/mol. The standard InChI is InChI=1S/C17H16ClFN4O/c18-11-4-5-13(15(19)8-11)12-3-1-2-10-6-7-23(9-14(10)12)17(24)22-16(20)21/h1-5,8H,6-7,9H2,(H4,20,21,22,24). The highest BCUT2D eigenvalue weighted by Crippen LogP contribution is 2.33. The topological polar surface area (TPSA) is 84.7 Å². The molecule has 0 fully saturated rings. The van der Waals surface area contributed by atoms with Gasteiger partial charge in [0.1, 0.15) is 5.82 Å². The number of hydrogen-bond acceptors (Lipinski definition) is 1. The number of amides is 2. The molecule has 2 aromatic carbocycles. The molecule has 0 atom stereocenters. The normalized spacial score (nSPS) is 13.3. The molecule has 4 N–H and O–H groups in total. The summed E-state index contributed by atoms with van der Waals surface area (Å²) in [5.41, 5.74) is 13.7. The smallest absolute Gasteiger partial charge is 0.347 e. The van der Waals surface area contributed by atoms with Crippen LogP contribution in [-0.4, -0.2) is 23.4 Å². The van der Waals surface area contributed by atoms with Crippen LogP contribution in [0.4, 0.5) is 9.18 Å². The molecule has 0 radical (unpaired) electrons. The summed E-state index contributed by atoms with van der Waals surface area (Å²) in [5, 5.41) is 0.339. The van der Waals surface area contributed by atoms with Crippen molar-refractivity contribution in [2.24, 2.45) is 16.5 Å². The average molecular weight is 347 g/mol. The van der Waals surface area contributed by atoms with Gasteiger partial charge in [0, 0.05) is 23.7 Å². The maximum Gasteiger partial charge on any atom is 0.347 e. The quantitative estimate of drug-likeness (QED) is 0.615. The number of nitrogens with zero attached hydrogens (tertiary/aromatic N) is 2. The lowest BCUT2D eigenvalue weighted by molar-refractivity contribution is 0.203. The number of aliphatic imine (C=N–C) groups is 1. The van der Waals surface area contributed by atoms with Crippen molar-refractivity contribution in [2.45, 2.75) is 13.0 Å². The van der Waals surface area contributed by atoms with Gasteiger partial charge in [-0.25, -0.2) is 9.18 Å². The van der Waals surface area contributed by atoms with Crippen LogP contribution in [0, 0.1) is 5.82 Å². The Morgan fingerprint density at radius 1 is 1.21 bits per heavy atom. The fourth-order valence-electron chi connectivity index (χ4n) is 2.89. The third-order valence-corrected chi connectivity index (χ3v) is 4.22. The van der Waals surface area contributed by atoms with Gasteiger partial charge in [-0.2, -0.15) is 4.99 Å². The number of halogens is 2. The Morgan fingerprint density at radius 3 is 2.71 bits per heavy atom. The summed E-state index contributed by atoms with van der Waals surface area (Å²) >= 11 is 5.83. The Balaban J connectivity index is 2.01. The van der Waals surface area contributed by atoms with Crippen LogP contribution in [0.3, 0.4) is 0 Å². The Morgan fingerprint density at radius 2 is 2.00 bits per heavy atom. The van der Waals surface area contributed by atoms with E-state index in [4.69, 9.17) is 23.1 Å². The lowest BCUT2D eigenvalue weighted by Crippen LogP contribution is -2.36. The van der Waals surface area contributed by atoms with Crippen LogP contribution in [0.1, 0.15) is 11.1 Å². The van der Waals surface area contributed by atoms with Crippen LogP contribution < -0.4 is 11.5 Å². The second-order valence-electron chi connectivity index (χ2n) is 5.56. The van der Waals surface area contributed by atoms with Crippen molar-refractivity contribution in [3.63, 3.8) is 0 Å². The number of carbonyl (C=O) groups is 1. The Hall–Kier alpha value is -2.60. The fourth-order valence-corrected chi connectivity index (χ4v) is 3.04. The third kappa shape index (κ3) is 3.19. The fraction of sp³-hybridized carbons (Fsp3) is 0.176. The van der Waals surface area contributed by atoms with Crippen molar-refractivity contribution < 1.29 is 9.18 Å². The van der Waals surface area contributed by atoms with Gasteiger partial charge < -0.3 is 16.4 Å². The lowest BCUT2D eigenvalue weighted by atomic mass is 9.91. The minimum Gasteiger partial charge on any atom is -0.370 e. The number of rotatable bonds is 1. The molecule has 2 amide bonds. The maximum absolute atomic E-state index is 14.3. The number of carbonyl (C=O) groups excluding carboxylic acids is 1. The molecule has 0 saturated carbocycles. The number of urea groups is 1. The summed E-state index contributed by atoms with van der Waals surface area (Å²) in [7, 11) is 0. The van der Waals surface area contributed by atoms with Crippen molar-refractivity contribution in [2.75, 3.05) is 6.54 Å². The molecule has 2 aromatic rings. The van der Waals surface area contributed by atoms with Gasteiger partial charge in [-0.15, -0.1) is 0 Å². The Labute approximate surface area is 143 Å². The van der Waals surface area contributed by atoms with E-state index in [1.807, 2.05) is 18.2 Å². The van der Waals surface area contributed by atoms with Gasteiger partial charge in [0.15, 0.2) is 5.96 Å². The van der Waals surface area contributed by atoms with Gasteiger partial charge in [0.25, 0.3) is 0 Å². The maximum atomic E-state index is 14.3. The minimum atomic E-state index is -0.493. The second kappa shape index (κ2) is 6.49. The van der Waals surface area contributed by atoms with E-state index < -0.39 is 11.8 Å². The number of guanidine groups is 1. The van der Waals surface area contributed by atoms with Gasteiger partial charge in [0.05, 0.1) is 0 Å². The molecule has 0 spiro atoms. The van der Waals surface area contributed by atoms with Crippen molar-refractivity contribution in [1.29, 1.82) is 0 Å². The van der Waals surface area contributed by atoms with Crippen molar-refractivity contribution in [3.8, 4) is 11.1 Å². The van der Waals surface area contributed by atoms with Crippen LogP contribution in [0.25, 0.3) is 11.1 Å². The summed E-state index contributed by atoms with van der Waals surface area (Å²) in [6.45, 7) is 0.832. The average Bonchev–Trinajstić information content (AvgIpc) is 2.53. The van der Waals surface area contributed by atoms with Crippen LogP contribution >= 0.6 is 11.6 Å². The lowest BCUT2D eigenvalue weighted by Gasteiger charge is -2.29. The monoisotopic (exact) mass is 346 g/mol. The molecule has 0 aromatic heterocycles. The zero-order valence-corrected chi connectivity index (χ0v) is 13.6. The molecule has 124 valence electrons. The highest BCUT2D eigenvalue weighted by atomic mass is 35.5. The molecule has 0 saturated heterocycles. The van der Waals surface area contributed by atoms with E-state index in [1.54, 1.807) is 17.0 Å². The molecule has 5 nitrogen and oxygen atoms in total. The molecular formula is C17H16ClFN4O. The van der Waals surface area contributed by atoms with Crippen LogP contribution in [0.5, 0.6) is 0 Å². The third-order valence-electron chi connectivity index (χ3n) is 3.99. The van der Waals surface area contributed by atoms with E-state index in [1.165, 1.54) is 6.07 Å². The molecule has 24 heavy (non-hydrogen) atoms. The van der Waals surface area contributed by atoms with Gasteiger partial charge in [-0.05, 0) is 41.3 Å². The highest BCUT2D eigenvalue weighted by molar-refractivity contribution is 6.30. The molecule has 1 aliphatic heterocycles. The molecule has 3 rings (SSSR count). The second-order valence-corrected chi connectivity index (χ2v) is 5.99. The van der Waals surface area contributed by atoms with Crippen molar-refractivity contribution in [1.82, 2.24) is 4.90 Å². The summed E-state index contributed by atoms with van der Waals surface area (Å²) in [6, 6.07) is 9.77. The van der Waals surface area contributed by atoms with Crippen LogP contribution in [0.2, 0.25) is 5.02 Å². The van der Waals surface area contributed by atoms with Gasteiger partial charge in [0.2, 0.25) is 0 Å². The first-order chi connectivity index (χ1) is 11.5. The minimum absolute atomic E-state index is 0.275. The van der Waals surface area contributed by atoms with E-state index >= 15 is 0 Å². The van der Waals surface area contributed by atoms with Gasteiger partial charge in [-0.1, -0.05) is 29.8 Å².